The number of hydrogen-bond donors (Lipinski definition) is 1. The molecule has 0 bridgehead atoms. The monoisotopic (exact) mass is 425 g/mol. The molecule has 1 fully saturated rings. The lowest BCUT2D eigenvalue weighted by atomic mass is 9.95. The van der Waals surface area contributed by atoms with Gasteiger partial charge in [-0.15, -0.1) is 0 Å². The predicted octanol–water partition coefficient (Wildman–Crippen LogP) is 2.47. The molecule has 1 N–H and O–H groups in total. The fourth-order valence-corrected chi connectivity index (χ4v) is 3.70. The van der Waals surface area contributed by atoms with Crippen molar-refractivity contribution in [3.05, 3.63) is 59.4 Å². The fraction of sp³-hybridized carbons (Fsp3) is 0.348. The number of nitrogens with zero attached hydrogens (tertiary/aromatic N) is 3. The number of hydrogen-bond acceptors (Lipinski definition) is 7. The molecule has 1 unspecified atom stereocenters. The van der Waals surface area contributed by atoms with E-state index < -0.39 is 17.7 Å². The van der Waals surface area contributed by atoms with Gasteiger partial charge in [0.25, 0.3) is 11.7 Å². The van der Waals surface area contributed by atoms with Crippen molar-refractivity contribution in [3.63, 3.8) is 0 Å². The van der Waals surface area contributed by atoms with Crippen molar-refractivity contribution in [1.82, 2.24) is 14.8 Å². The lowest BCUT2D eigenvalue weighted by Crippen LogP contribution is -2.32. The third kappa shape index (κ3) is 4.54. The van der Waals surface area contributed by atoms with Gasteiger partial charge >= 0.3 is 0 Å². The normalized spacial score (nSPS) is 18.0. The molecule has 31 heavy (non-hydrogen) atoms. The smallest absolute Gasteiger partial charge is 0.295 e. The van der Waals surface area contributed by atoms with Crippen molar-refractivity contribution in [2.24, 2.45) is 0 Å². The number of carbonyl (C=O) groups is 2. The summed E-state index contributed by atoms with van der Waals surface area (Å²) in [5.41, 5.74) is 1.12. The molecule has 2 heterocycles. The Bertz CT molecular complexity index is 988. The van der Waals surface area contributed by atoms with Gasteiger partial charge in [0.05, 0.1) is 25.8 Å². The van der Waals surface area contributed by atoms with Crippen LogP contribution in [0.25, 0.3) is 5.76 Å². The van der Waals surface area contributed by atoms with Gasteiger partial charge in [0.1, 0.15) is 5.76 Å². The van der Waals surface area contributed by atoms with Crippen molar-refractivity contribution in [3.8, 4) is 11.5 Å². The Labute approximate surface area is 181 Å². The average Bonchev–Trinajstić information content (AvgIpc) is 3.03. The number of amides is 1. The summed E-state index contributed by atoms with van der Waals surface area (Å²) in [5.74, 6) is -0.559. The van der Waals surface area contributed by atoms with Crippen LogP contribution in [0.5, 0.6) is 11.5 Å². The van der Waals surface area contributed by atoms with Crippen LogP contribution in [0.1, 0.15) is 23.6 Å². The highest BCUT2D eigenvalue weighted by Crippen LogP contribution is 2.41. The van der Waals surface area contributed by atoms with Gasteiger partial charge in [-0.2, -0.15) is 0 Å². The van der Waals surface area contributed by atoms with E-state index in [4.69, 9.17) is 9.47 Å². The van der Waals surface area contributed by atoms with Crippen molar-refractivity contribution in [2.45, 2.75) is 12.5 Å². The molecule has 1 saturated heterocycles. The van der Waals surface area contributed by atoms with E-state index in [9.17, 15) is 14.7 Å². The number of likely N-dealkylation sites (tertiary alicyclic amines) is 1. The number of benzene rings is 1. The topological polar surface area (TPSA) is 92.2 Å². The Balaban J connectivity index is 2.13. The largest absolute Gasteiger partial charge is 0.507 e. The highest BCUT2D eigenvalue weighted by molar-refractivity contribution is 6.46. The molecular weight excluding hydrogens is 398 g/mol. The zero-order chi connectivity index (χ0) is 22.5. The maximum absolute atomic E-state index is 13.0. The van der Waals surface area contributed by atoms with E-state index in [-0.39, 0.29) is 11.3 Å². The molecule has 1 amide bonds. The molecule has 0 saturated carbocycles. The Hall–Kier alpha value is -3.39. The van der Waals surface area contributed by atoms with Crippen LogP contribution in [0.2, 0.25) is 0 Å². The first-order valence-corrected chi connectivity index (χ1v) is 9.94. The number of aliphatic hydroxyl groups excluding tert-OH is 1. The first-order valence-electron chi connectivity index (χ1n) is 9.94. The number of aliphatic hydroxyl groups is 1. The summed E-state index contributed by atoms with van der Waals surface area (Å²) in [6, 6.07) is 7.68. The third-order valence-corrected chi connectivity index (χ3v) is 5.22. The number of methoxy groups -OCH3 is 2. The predicted molar refractivity (Wildman–Crippen MR) is 116 cm³/mol. The number of rotatable bonds is 8. The summed E-state index contributed by atoms with van der Waals surface area (Å²) in [7, 11) is 6.95. The summed E-state index contributed by atoms with van der Waals surface area (Å²) in [4.78, 5) is 33.4. The zero-order valence-corrected chi connectivity index (χ0v) is 18.2. The second kappa shape index (κ2) is 9.61. The Morgan fingerprint density at radius 2 is 1.77 bits per heavy atom. The van der Waals surface area contributed by atoms with Crippen LogP contribution < -0.4 is 9.47 Å². The summed E-state index contributed by atoms with van der Waals surface area (Å²) in [5, 5.41) is 11.0. The maximum Gasteiger partial charge on any atom is 0.295 e. The van der Waals surface area contributed by atoms with Gasteiger partial charge in [0.2, 0.25) is 0 Å². The van der Waals surface area contributed by atoms with Crippen LogP contribution >= 0.6 is 0 Å². The minimum atomic E-state index is -0.741. The van der Waals surface area contributed by atoms with E-state index >= 15 is 0 Å². The molecule has 164 valence electrons. The minimum absolute atomic E-state index is 0.0493. The number of pyridine rings is 1. The van der Waals surface area contributed by atoms with Crippen LogP contribution in [-0.2, 0) is 9.59 Å². The van der Waals surface area contributed by atoms with E-state index in [1.807, 2.05) is 19.0 Å². The van der Waals surface area contributed by atoms with Crippen molar-refractivity contribution in [1.29, 1.82) is 0 Å². The van der Waals surface area contributed by atoms with Crippen LogP contribution in [0.4, 0.5) is 0 Å². The van der Waals surface area contributed by atoms with Crippen LogP contribution in [0.15, 0.2) is 48.3 Å². The van der Waals surface area contributed by atoms with Crippen LogP contribution in [-0.4, -0.2) is 73.0 Å². The minimum Gasteiger partial charge on any atom is -0.507 e. The Morgan fingerprint density at radius 1 is 1.10 bits per heavy atom. The van der Waals surface area contributed by atoms with Gasteiger partial charge in [0.15, 0.2) is 11.5 Å². The quantitative estimate of drug-likeness (QED) is 0.395. The number of ketones is 1. The maximum atomic E-state index is 13.0. The van der Waals surface area contributed by atoms with Crippen molar-refractivity contribution >= 4 is 17.4 Å². The molecule has 1 atom stereocenters. The molecule has 8 heteroatoms. The molecule has 0 radical (unpaired) electrons. The van der Waals surface area contributed by atoms with Gasteiger partial charge in [0, 0.05) is 24.5 Å². The highest BCUT2D eigenvalue weighted by Gasteiger charge is 2.46. The second-order valence-corrected chi connectivity index (χ2v) is 7.50. The number of Topliss-reactive ketones (excluding diaryl/α,β-unsaturated/α-hetero) is 1. The fourth-order valence-electron chi connectivity index (χ4n) is 3.70. The number of ether oxygens (including phenoxy) is 2. The summed E-state index contributed by atoms with van der Waals surface area (Å²) >= 11 is 0. The van der Waals surface area contributed by atoms with Crippen molar-refractivity contribution in [2.75, 3.05) is 41.4 Å². The van der Waals surface area contributed by atoms with E-state index in [0.717, 1.165) is 6.54 Å². The van der Waals surface area contributed by atoms with Gasteiger partial charge < -0.3 is 24.4 Å². The first-order chi connectivity index (χ1) is 14.9. The van der Waals surface area contributed by atoms with Gasteiger partial charge in [-0.25, -0.2) is 0 Å². The number of carbonyl (C=O) groups excluding carboxylic acids is 2. The molecule has 0 aliphatic carbocycles. The molecule has 1 aliphatic rings. The molecule has 3 rings (SSSR count). The van der Waals surface area contributed by atoms with Gasteiger partial charge in [-0.1, -0.05) is 6.07 Å². The van der Waals surface area contributed by atoms with Gasteiger partial charge in [-0.3, -0.25) is 14.6 Å². The van der Waals surface area contributed by atoms with Gasteiger partial charge in [-0.05, 0) is 56.9 Å². The lowest BCUT2D eigenvalue weighted by Gasteiger charge is -2.26. The SMILES string of the molecule is COc1ccc(C2C(=C(O)c3ccncc3)C(=O)C(=O)N2CCCN(C)C)cc1OC. The summed E-state index contributed by atoms with van der Waals surface area (Å²) in [6.45, 7) is 1.13. The van der Waals surface area contributed by atoms with E-state index in [1.54, 1.807) is 30.3 Å². The molecule has 8 nitrogen and oxygen atoms in total. The van der Waals surface area contributed by atoms with Crippen LogP contribution in [0, 0.1) is 0 Å². The van der Waals surface area contributed by atoms with E-state index in [0.29, 0.717) is 35.6 Å². The molecule has 1 aromatic heterocycles. The first kappa shape index (κ1) is 22.3. The summed E-state index contributed by atoms with van der Waals surface area (Å²) < 4.78 is 10.7. The Kier molecular flexibility index (Phi) is 6.91. The Morgan fingerprint density at radius 3 is 2.39 bits per heavy atom. The standard InChI is InChI=1S/C23H27N3O5/c1-25(2)12-5-13-26-20(16-6-7-17(30-3)18(14-16)31-4)19(22(28)23(26)29)21(27)15-8-10-24-11-9-15/h6-11,14,20,27H,5,12-13H2,1-4H3. The second-order valence-electron chi connectivity index (χ2n) is 7.50. The molecule has 1 aromatic carbocycles. The van der Waals surface area contributed by atoms with Crippen LogP contribution in [0.3, 0.4) is 0 Å². The lowest BCUT2D eigenvalue weighted by molar-refractivity contribution is -0.139. The summed E-state index contributed by atoms with van der Waals surface area (Å²) in [6.07, 6.45) is 3.72. The van der Waals surface area contributed by atoms with E-state index in [2.05, 4.69) is 4.98 Å². The molecular formula is C23H27N3O5. The highest BCUT2D eigenvalue weighted by atomic mass is 16.5. The molecule has 0 spiro atoms. The number of aromatic nitrogens is 1. The molecule has 2 aromatic rings. The molecule has 1 aliphatic heterocycles. The van der Waals surface area contributed by atoms with E-state index in [1.165, 1.54) is 31.5 Å². The zero-order valence-electron chi connectivity index (χ0n) is 18.2. The average molecular weight is 425 g/mol. The van der Waals surface area contributed by atoms with Crippen molar-refractivity contribution < 1.29 is 24.2 Å². The third-order valence-electron chi connectivity index (χ3n) is 5.22.